The lowest BCUT2D eigenvalue weighted by Crippen LogP contribution is -2.39. The third-order valence-corrected chi connectivity index (χ3v) is 2.38. The molecule has 0 saturated heterocycles. The van der Waals surface area contributed by atoms with Crippen LogP contribution in [0.4, 0.5) is 0 Å². The third kappa shape index (κ3) is 4.09. The molecule has 0 amide bonds. The second kappa shape index (κ2) is 6.02. The summed E-state index contributed by atoms with van der Waals surface area (Å²) < 4.78 is 4.84. The number of hydrogen-bond acceptors (Lipinski definition) is 3. The van der Waals surface area contributed by atoms with E-state index in [1.165, 1.54) is 0 Å². The van der Waals surface area contributed by atoms with Gasteiger partial charge in [-0.2, -0.15) is 0 Å². The van der Waals surface area contributed by atoms with Crippen LogP contribution in [0.1, 0.15) is 47.0 Å². The van der Waals surface area contributed by atoms with Crippen LogP contribution in [0.5, 0.6) is 0 Å². The minimum atomic E-state index is -1.28. The average molecular weight is 202 g/mol. The fraction of sp³-hybridized carbons (Fsp3) is 0.909. The van der Waals surface area contributed by atoms with Crippen LogP contribution in [0, 0.1) is 5.92 Å². The monoisotopic (exact) mass is 202 g/mol. The van der Waals surface area contributed by atoms with E-state index in [-0.39, 0.29) is 0 Å². The van der Waals surface area contributed by atoms with Gasteiger partial charge in [0.25, 0.3) is 0 Å². The van der Waals surface area contributed by atoms with E-state index in [2.05, 4.69) is 13.8 Å². The molecule has 0 heterocycles. The number of rotatable bonds is 6. The van der Waals surface area contributed by atoms with E-state index in [1.807, 2.05) is 0 Å². The molecule has 0 saturated carbocycles. The van der Waals surface area contributed by atoms with Gasteiger partial charge < -0.3 is 9.84 Å². The van der Waals surface area contributed by atoms with Crippen molar-refractivity contribution < 1.29 is 14.6 Å². The molecule has 0 aromatic carbocycles. The molecule has 1 N–H and O–H groups in total. The predicted molar refractivity (Wildman–Crippen MR) is 55.9 cm³/mol. The lowest BCUT2D eigenvalue weighted by atomic mass is 9.91. The highest BCUT2D eigenvalue weighted by atomic mass is 16.5. The highest BCUT2D eigenvalue weighted by molar-refractivity contribution is 5.79. The van der Waals surface area contributed by atoms with Gasteiger partial charge in [-0.1, -0.05) is 20.8 Å². The van der Waals surface area contributed by atoms with Crippen molar-refractivity contribution in [2.24, 2.45) is 5.92 Å². The fourth-order valence-corrected chi connectivity index (χ4v) is 1.22. The maximum absolute atomic E-state index is 11.4. The zero-order valence-corrected chi connectivity index (χ0v) is 9.67. The van der Waals surface area contributed by atoms with E-state index >= 15 is 0 Å². The fourth-order valence-electron chi connectivity index (χ4n) is 1.22. The lowest BCUT2D eigenvalue weighted by Gasteiger charge is -2.24. The number of carbonyl (C=O) groups excluding carboxylic acids is 1. The molecule has 3 nitrogen and oxygen atoms in total. The van der Waals surface area contributed by atoms with Crippen LogP contribution in [0.2, 0.25) is 0 Å². The highest BCUT2D eigenvalue weighted by Crippen LogP contribution is 2.21. The first-order valence-electron chi connectivity index (χ1n) is 5.35. The summed E-state index contributed by atoms with van der Waals surface area (Å²) in [6.07, 6.45) is 1.74. The minimum Gasteiger partial charge on any atom is -0.464 e. The summed E-state index contributed by atoms with van der Waals surface area (Å²) in [6.45, 7) is 8.01. The van der Waals surface area contributed by atoms with Crippen LogP contribution in [-0.2, 0) is 9.53 Å². The lowest BCUT2D eigenvalue weighted by molar-refractivity contribution is -0.166. The van der Waals surface area contributed by atoms with E-state index in [0.717, 1.165) is 6.42 Å². The molecule has 84 valence electrons. The van der Waals surface area contributed by atoms with Gasteiger partial charge in [-0.25, -0.2) is 4.79 Å². The Kier molecular flexibility index (Phi) is 5.77. The smallest absolute Gasteiger partial charge is 0.338 e. The highest BCUT2D eigenvalue weighted by Gasteiger charge is 2.35. The maximum atomic E-state index is 11.4. The Balaban J connectivity index is 4.23. The first-order valence-corrected chi connectivity index (χ1v) is 5.35. The molecule has 0 radical (unpaired) electrons. The molecule has 0 aromatic heterocycles. The molecule has 1 atom stereocenters. The summed E-state index contributed by atoms with van der Waals surface area (Å²) in [5.41, 5.74) is -1.28. The zero-order valence-electron chi connectivity index (χ0n) is 9.67. The number of carbonyl (C=O) groups is 1. The van der Waals surface area contributed by atoms with Crippen LogP contribution in [0.15, 0.2) is 0 Å². The van der Waals surface area contributed by atoms with E-state index in [1.54, 1.807) is 13.8 Å². The van der Waals surface area contributed by atoms with Crippen molar-refractivity contribution in [2.75, 3.05) is 6.61 Å². The normalized spacial score (nSPS) is 15.3. The molecular formula is C11H22O3. The van der Waals surface area contributed by atoms with Crippen molar-refractivity contribution in [2.45, 2.75) is 52.6 Å². The van der Waals surface area contributed by atoms with Gasteiger partial charge in [0.05, 0.1) is 6.61 Å². The van der Waals surface area contributed by atoms with E-state index in [9.17, 15) is 9.90 Å². The Hall–Kier alpha value is -0.570. The number of aliphatic hydroxyl groups is 1. The van der Waals surface area contributed by atoms with Crippen molar-refractivity contribution in [3.63, 3.8) is 0 Å². The third-order valence-electron chi connectivity index (χ3n) is 2.38. The molecule has 14 heavy (non-hydrogen) atoms. The van der Waals surface area contributed by atoms with Crippen molar-refractivity contribution in [1.82, 2.24) is 0 Å². The Morgan fingerprint density at radius 1 is 1.43 bits per heavy atom. The van der Waals surface area contributed by atoms with Gasteiger partial charge in [0.1, 0.15) is 0 Å². The molecule has 0 rings (SSSR count). The van der Waals surface area contributed by atoms with Crippen molar-refractivity contribution >= 4 is 5.97 Å². The van der Waals surface area contributed by atoms with Gasteiger partial charge in [-0.05, 0) is 32.1 Å². The molecule has 0 bridgehead atoms. The summed E-state index contributed by atoms with van der Waals surface area (Å²) in [5, 5.41) is 9.99. The van der Waals surface area contributed by atoms with Crippen molar-refractivity contribution in [3.8, 4) is 0 Å². The van der Waals surface area contributed by atoms with E-state index in [4.69, 9.17) is 4.74 Å². The quantitative estimate of drug-likeness (QED) is 0.671. The second-order valence-electron chi connectivity index (χ2n) is 4.04. The van der Waals surface area contributed by atoms with Gasteiger partial charge in [-0.3, -0.25) is 0 Å². The molecule has 1 unspecified atom stereocenters. The Labute approximate surface area is 86.5 Å². The summed E-state index contributed by atoms with van der Waals surface area (Å²) in [7, 11) is 0. The van der Waals surface area contributed by atoms with Gasteiger partial charge in [0.15, 0.2) is 5.60 Å². The van der Waals surface area contributed by atoms with Crippen LogP contribution in [0.3, 0.4) is 0 Å². The van der Waals surface area contributed by atoms with Gasteiger partial charge in [0, 0.05) is 0 Å². The minimum absolute atomic E-state index is 0.322. The first kappa shape index (κ1) is 13.4. The molecule has 0 fully saturated rings. The molecule has 0 spiro atoms. The molecule has 0 aliphatic carbocycles. The Morgan fingerprint density at radius 3 is 2.36 bits per heavy atom. The van der Waals surface area contributed by atoms with E-state index < -0.39 is 11.6 Å². The topological polar surface area (TPSA) is 46.5 Å². The van der Waals surface area contributed by atoms with Gasteiger partial charge >= 0.3 is 5.97 Å². The largest absolute Gasteiger partial charge is 0.464 e. The first-order chi connectivity index (χ1) is 6.46. The second-order valence-corrected chi connectivity index (χ2v) is 4.04. The van der Waals surface area contributed by atoms with Gasteiger partial charge in [-0.15, -0.1) is 0 Å². The number of ether oxygens (including phenoxy) is 1. The number of esters is 1. The molecule has 0 aliphatic heterocycles. The molecule has 0 aromatic rings. The Bertz CT molecular complexity index is 177. The summed E-state index contributed by atoms with van der Waals surface area (Å²) in [5.74, 6) is 0.00523. The Morgan fingerprint density at radius 2 is 2.00 bits per heavy atom. The van der Waals surface area contributed by atoms with E-state index in [0.29, 0.717) is 25.4 Å². The summed E-state index contributed by atoms with van der Waals surface area (Å²) in [4.78, 5) is 11.4. The van der Waals surface area contributed by atoms with Crippen molar-refractivity contribution in [1.29, 1.82) is 0 Å². The maximum Gasteiger partial charge on any atom is 0.338 e. The SMILES string of the molecule is CCOC(=O)C(O)(CC)CCC(C)C. The summed E-state index contributed by atoms with van der Waals surface area (Å²) in [6, 6.07) is 0. The average Bonchev–Trinajstić information content (AvgIpc) is 2.14. The molecule has 3 heteroatoms. The molecule has 0 aliphatic rings. The van der Waals surface area contributed by atoms with Crippen LogP contribution >= 0.6 is 0 Å². The number of hydrogen-bond donors (Lipinski definition) is 1. The molecular weight excluding hydrogens is 180 g/mol. The van der Waals surface area contributed by atoms with Crippen LogP contribution in [-0.4, -0.2) is 23.3 Å². The van der Waals surface area contributed by atoms with Crippen LogP contribution < -0.4 is 0 Å². The van der Waals surface area contributed by atoms with Gasteiger partial charge in [0.2, 0.25) is 0 Å². The standard InChI is InChI=1S/C11H22O3/c1-5-11(13,8-7-9(3)4)10(12)14-6-2/h9,13H,5-8H2,1-4H3. The van der Waals surface area contributed by atoms with Crippen molar-refractivity contribution in [3.05, 3.63) is 0 Å². The summed E-state index contributed by atoms with van der Waals surface area (Å²) >= 11 is 0. The predicted octanol–water partition coefficient (Wildman–Crippen LogP) is 2.13. The van der Waals surface area contributed by atoms with Crippen LogP contribution in [0.25, 0.3) is 0 Å². The zero-order chi connectivity index (χ0) is 11.2.